The standard InChI is InChI=1S/C14H11Cl2N3O/c1-9(10-4-5-12(15)13(16)7-10)18-19-14(20)11-3-2-6-17-8-11/h2-8H,1H3,(H,19,20)/b18-9-. The zero-order valence-electron chi connectivity index (χ0n) is 10.6. The van der Waals surface area contributed by atoms with Crippen molar-refractivity contribution in [3.63, 3.8) is 0 Å². The second-order valence-electron chi connectivity index (χ2n) is 4.01. The normalized spacial score (nSPS) is 11.2. The first-order valence-electron chi connectivity index (χ1n) is 5.78. The molecule has 102 valence electrons. The lowest BCUT2D eigenvalue weighted by atomic mass is 10.1. The Bertz CT molecular complexity index is 657. The molecule has 2 aromatic rings. The number of rotatable bonds is 3. The molecule has 20 heavy (non-hydrogen) atoms. The lowest BCUT2D eigenvalue weighted by Gasteiger charge is -2.04. The summed E-state index contributed by atoms with van der Waals surface area (Å²) in [7, 11) is 0. The number of hydrazone groups is 1. The van der Waals surface area contributed by atoms with Gasteiger partial charge in [0.25, 0.3) is 5.91 Å². The highest BCUT2D eigenvalue weighted by molar-refractivity contribution is 6.42. The summed E-state index contributed by atoms with van der Waals surface area (Å²) in [4.78, 5) is 15.7. The lowest BCUT2D eigenvalue weighted by molar-refractivity contribution is 0.0954. The van der Waals surface area contributed by atoms with E-state index >= 15 is 0 Å². The van der Waals surface area contributed by atoms with E-state index in [1.165, 1.54) is 6.20 Å². The van der Waals surface area contributed by atoms with Crippen molar-refractivity contribution in [2.75, 3.05) is 0 Å². The van der Waals surface area contributed by atoms with Crippen molar-refractivity contribution in [2.24, 2.45) is 5.10 Å². The van der Waals surface area contributed by atoms with Gasteiger partial charge in [0.1, 0.15) is 0 Å². The number of benzene rings is 1. The fraction of sp³-hybridized carbons (Fsp3) is 0.0714. The van der Waals surface area contributed by atoms with Gasteiger partial charge in [0.05, 0.1) is 21.3 Å². The van der Waals surface area contributed by atoms with Crippen LogP contribution in [0.25, 0.3) is 0 Å². The van der Waals surface area contributed by atoms with Gasteiger partial charge in [0.15, 0.2) is 0 Å². The van der Waals surface area contributed by atoms with Crippen LogP contribution in [-0.4, -0.2) is 16.6 Å². The number of carbonyl (C=O) groups excluding carboxylic acids is 1. The highest BCUT2D eigenvalue weighted by Crippen LogP contribution is 2.22. The van der Waals surface area contributed by atoms with Crippen LogP contribution in [-0.2, 0) is 0 Å². The molecule has 0 unspecified atom stereocenters. The molecule has 1 N–H and O–H groups in total. The summed E-state index contributed by atoms with van der Waals surface area (Å²) in [5, 5.41) is 4.95. The van der Waals surface area contributed by atoms with Gasteiger partial charge in [-0.25, -0.2) is 5.43 Å². The Balaban J connectivity index is 2.11. The van der Waals surface area contributed by atoms with E-state index in [1.54, 1.807) is 43.5 Å². The summed E-state index contributed by atoms with van der Waals surface area (Å²) in [6.45, 7) is 1.77. The van der Waals surface area contributed by atoms with Crippen molar-refractivity contribution in [2.45, 2.75) is 6.92 Å². The zero-order chi connectivity index (χ0) is 14.5. The predicted octanol–water partition coefficient (Wildman–Crippen LogP) is 3.54. The van der Waals surface area contributed by atoms with Gasteiger partial charge < -0.3 is 0 Å². The topological polar surface area (TPSA) is 54.4 Å². The summed E-state index contributed by atoms with van der Waals surface area (Å²) in [5.74, 6) is -0.322. The summed E-state index contributed by atoms with van der Waals surface area (Å²) >= 11 is 11.8. The molecule has 0 atom stereocenters. The molecular weight excluding hydrogens is 297 g/mol. The van der Waals surface area contributed by atoms with E-state index in [1.807, 2.05) is 0 Å². The number of hydrogen-bond acceptors (Lipinski definition) is 3. The van der Waals surface area contributed by atoms with Crippen molar-refractivity contribution < 1.29 is 4.79 Å². The average Bonchev–Trinajstić information content (AvgIpc) is 2.48. The third-order valence-electron chi connectivity index (χ3n) is 2.59. The molecule has 0 aliphatic carbocycles. The summed E-state index contributed by atoms with van der Waals surface area (Å²) in [6, 6.07) is 8.50. The van der Waals surface area contributed by atoms with E-state index in [0.29, 0.717) is 21.3 Å². The molecule has 0 aliphatic heterocycles. The number of carbonyl (C=O) groups is 1. The second-order valence-corrected chi connectivity index (χ2v) is 4.82. The Morgan fingerprint density at radius 3 is 2.65 bits per heavy atom. The van der Waals surface area contributed by atoms with Crippen molar-refractivity contribution in [1.29, 1.82) is 0 Å². The van der Waals surface area contributed by atoms with Crippen molar-refractivity contribution in [3.8, 4) is 0 Å². The van der Waals surface area contributed by atoms with Crippen LogP contribution < -0.4 is 5.43 Å². The first kappa shape index (κ1) is 14.5. The molecule has 2 rings (SSSR count). The zero-order valence-corrected chi connectivity index (χ0v) is 12.1. The molecule has 4 nitrogen and oxygen atoms in total. The molecule has 1 aromatic carbocycles. The minimum absolute atomic E-state index is 0.322. The quantitative estimate of drug-likeness (QED) is 0.696. The van der Waals surface area contributed by atoms with Gasteiger partial charge in [-0.1, -0.05) is 29.3 Å². The first-order valence-corrected chi connectivity index (χ1v) is 6.53. The van der Waals surface area contributed by atoms with Crippen LogP contribution in [0.3, 0.4) is 0 Å². The van der Waals surface area contributed by atoms with Gasteiger partial charge in [-0.3, -0.25) is 9.78 Å². The Hall–Kier alpha value is -1.91. The van der Waals surface area contributed by atoms with E-state index < -0.39 is 0 Å². The molecule has 1 heterocycles. The van der Waals surface area contributed by atoms with E-state index in [9.17, 15) is 4.79 Å². The minimum atomic E-state index is -0.322. The average molecular weight is 308 g/mol. The van der Waals surface area contributed by atoms with Crippen molar-refractivity contribution >= 4 is 34.8 Å². The molecule has 0 saturated heterocycles. The Morgan fingerprint density at radius 1 is 1.20 bits per heavy atom. The van der Waals surface area contributed by atoms with Gasteiger partial charge in [0.2, 0.25) is 0 Å². The van der Waals surface area contributed by atoms with E-state index in [4.69, 9.17) is 23.2 Å². The number of nitrogens with one attached hydrogen (secondary N) is 1. The fourth-order valence-electron chi connectivity index (χ4n) is 1.48. The molecule has 0 bridgehead atoms. The molecule has 1 amide bonds. The Morgan fingerprint density at radius 2 is 2.00 bits per heavy atom. The Labute approximate surface area is 126 Å². The molecule has 0 aliphatic rings. The first-order chi connectivity index (χ1) is 9.58. The molecule has 0 fully saturated rings. The van der Waals surface area contributed by atoms with Crippen molar-refractivity contribution in [1.82, 2.24) is 10.4 Å². The van der Waals surface area contributed by atoms with Crippen LogP contribution in [0.5, 0.6) is 0 Å². The third kappa shape index (κ3) is 3.56. The number of hydrogen-bond donors (Lipinski definition) is 1. The molecule has 1 aromatic heterocycles. The molecule has 0 saturated carbocycles. The van der Waals surface area contributed by atoms with E-state index in [-0.39, 0.29) is 5.91 Å². The molecule has 6 heteroatoms. The molecule has 0 spiro atoms. The van der Waals surface area contributed by atoms with Crippen LogP contribution in [0.15, 0.2) is 47.8 Å². The summed E-state index contributed by atoms with van der Waals surface area (Å²) in [5.41, 5.74) is 4.32. The maximum atomic E-state index is 11.8. The summed E-state index contributed by atoms with van der Waals surface area (Å²) in [6.07, 6.45) is 3.07. The summed E-state index contributed by atoms with van der Waals surface area (Å²) < 4.78 is 0. The van der Waals surface area contributed by atoms with Gasteiger partial charge in [-0.2, -0.15) is 5.10 Å². The third-order valence-corrected chi connectivity index (χ3v) is 3.33. The van der Waals surface area contributed by atoms with E-state index in [0.717, 1.165) is 5.56 Å². The monoisotopic (exact) mass is 307 g/mol. The number of aromatic nitrogens is 1. The maximum absolute atomic E-state index is 11.8. The van der Waals surface area contributed by atoms with E-state index in [2.05, 4.69) is 15.5 Å². The van der Waals surface area contributed by atoms with Crippen LogP contribution >= 0.6 is 23.2 Å². The van der Waals surface area contributed by atoms with Gasteiger partial charge in [-0.05, 0) is 36.8 Å². The van der Waals surface area contributed by atoms with Crippen LogP contribution in [0.4, 0.5) is 0 Å². The highest BCUT2D eigenvalue weighted by Gasteiger charge is 2.05. The minimum Gasteiger partial charge on any atom is -0.267 e. The SMILES string of the molecule is C/C(=N/NC(=O)c1cccnc1)c1ccc(Cl)c(Cl)c1. The predicted molar refractivity (Wildman–Crippen MR) is 80.4 cm³/mol. The van der Waals surface area contributed by atoms with Crippen LogP contribution in [0.1, 0.15) is 22.8 Å². The lowest BCUT2D eigenvalue weighted by Crippen LogP contribution is -2.19. The Kier molecular flexibility index (Phi) is 4.71. The smallest absolute Gasteiger partial charge is 0.267 e. The van der Waals surface area contributed by atoms with Gasteiger partial charge in [0, 0.05) is 12.4 Å². The highest BCUT2D eigenvalue weighted by atomic mass is 35.5. The second kappa shape index (κ2) is 6.50. The number of amides is 1. The van der Waals surface area contributed by atoms with Crippen LogP contribution in [0, 0.1) is 0 Å². The fourth-order valence-corrected chi connectivity index (χ4v) is 1.78. The van der Waals surface area contributed by atoms with Gasteiger partial charge >= 0.3 is 0 Å². The number of nitrogens with zero attached hydrogens (tertiary/aromatic N) is 2. The largest absolute Gasteiger partial charge is 0.272 e. The number of pyridine rings is 1. The molecular formula is C14H11Cl2N3O. The number of halogens is 2. The van der Waals surface area contributed by atoms with Gasteiger partial charge in [-0.15, -0.1) is 0 Å². The molecule has 0 radical (unpaired) electrons. The maximum Gasteiger partial charge on any atom is 0.272 e. The van der Waals surface area contributed by atoms with Crippen molar-refractivity contribution in [3.05, 3.63) is 63.9 Å². The van der Waals surface area contributed by atoms with Crippen LogP contribution in [0.2, 0.25) is 10.0 Å².